The van der Waals surface area contributed by atoms with E-state index in [9.17, 15) is 14.7 Å². The number of allylic oxidation sites excluding steroid dienone is 1. The number of para-hydroxylation sites is 1. The molecule has 2 fully saturated rings. The molecular formula is C29H37N3O6. The second kappa shape index (κ2) is 10.2. The molecule has 5 atom stereocenters. The summed E-state index contributed by atoms with van der Waals surface area (Å²) in [7, 11) is 0. The first-order valence-corrected chi connectivity index (χ1v) is 14.0. The summed E-state index contributed by atoms with van der Waals surface area (Å²) in [5.41, 5.74) is 2.10. The molecule has 2 aliphatic carbocycles. The maximum Gasteiger partial charge on any atom is 0.432 e. The topological polar surface area (TPSA) is 101 Å². The number of hydrogen-bond donors (Lipinski definition) is 2. The first-order valence-electron chi connectivity index (χ1n) is 14.0. The molecule has 9 nitrogen and oxygen atoms in total. The molecule has 0 radical (unpaired) electrons. The zero-order valence-electron chi connectivity index (χ0n) is 21.9. The Morgan fingerprint density at radius 3 is 2.97 bits per heavy atom. The fraction of sp³-hybridized carbons (Fsp3) is 0.586. The molecule has 2 N–H and O–H groups in total. The van der Waals surface area contributed by atoms with Crippen LogP contribution in [0.3, 0.4) is 0 Å². The van der Waals surface area contributed by atoms with Gasteiger partial charge in [0.2, 0.25) is 0 Å². The fourth-order valence-electron chi connectivity index (χ4n) is 7.09. The number of phenols is 1. The van der Waals surface area contributed by atoms with Crippen LogP contribution in [0.1, 0.15) is 57.4 Å². The Labute approximate surface area is 223 Å². The summed E-state index contributed by atoms with van der Waals surface area (Å²) in [6, 6.07) is 6.36. The largest absolute Gasteiger partial charge is 0.508 e. The Balaban J connectivity index is 1.05. The number of rotatable bonds is 6. The van der Waals surface area contributed by atoms with Crippen molar-refractivity contribution in [2.45, 2.75) is 70.4 Å². The number of benzene rings is 1. The number of phenolic OH excluding ortho intramolecular Hbond substituents is 1. The zero-order chi connectivity index (χ0) is 26.3. The lowest BCUT2D eigenvalue weighted by molar-refractivity contribution is -0.178. The van der Waals surface area contributed by atoms with Gasteiger partial charge in [0.1, 0.15) is 17.9 Å². The highest BCUT2D eigenvalue weighted by atomic mass is 16.7. The van der Waals surface area contributed by atoms with E-state index in [1.54, 1.807) is 17.2 Å². The molecule has 1 spiro atoms. The molecule has 9 heteroatoms. The van der Waals surface area contributed by atoms with E-state index in [0.29, 0.717) is 31.8 Å². The molecule has 1 aromatic rings. The molecule has 5 aliphatic rings. The van der Waals surface area contributed by atoms with Crippen LogP contribution in [0, 0.1) is 17.3 Å². The third-order valence-electron chi connectivity index (χ3n) is 8.84. The summed E-state index contributed by atoms with van der Waals surface area (Å²) < 4.78 is 6.49. The zero-order valence-corrected chi connectivity index (χ0v) is 21.9. The molecule has 1 aromatic carbocycles. The van der Waals surface area contributed by atoms with Crippen molar-refractivity contribution in [1.82, 2.24) is 15.4 Å². The summed E-state index contributed by atoms with van der Waals surface area (Å²) in [5, 5.41) is 15.6. The lowest BCUT2D eigenvalue weighted by Crippen LogP contribution is -2.44. The van der Waals surface area contributed by atoms with Gasteiger partial charge in [0.15, 0.2) is 0 Å². The van der Waals surface area contributed by atoms with Crippen molar-refractivity contribution in [3.05, 3.63) is 53.4 Å². The lowest BCUT2D eigenvalue weighted by Gasteiger charge is -2.41. The van der Waals surface area contributed by atoms with Gasteiger partial charge < -0.3 is 20.0 Å². The molecule has 3 aliphatic heterocycles. The van der Waals surface area contributed by atoms with Crippen molar-refractivity contribution in [1.29, 1.82) is 0 Å². The third kappa shape index (κ3) is 4.61. The minimum atomic E-state index is -0.692. The highest BCUT2D eigenvalue weighted by Crippen LogP contribution is 2.59. The van der Waals surface area contributed by atoms with Gasteiger partial charge in [0.25, 0.3) is 5.91 Å². The Bertz CT molecular complexity index is 1150. The SMILES string of the molecule is CC1CC[C@H]2OC3=C4[C@H](CCC3)CN(OC(=O)N[C@@H]3CCN(OCCc5ccccc5O)C3=O)C=CC42C1. The molecule has 204 valence electrons. The Hall–Kier alpha value is -3.20. The highest BCUT2D eigenvalue weighted by molar-refractivity contribution is 5.86. The second-order valence-corrected chi connectivity index (χ2v) is 11.4. The van der Waals surface area contributed by atoms with Crippen LogP contribution in [0.4, 0.5) is 4.79 Å². The number of aromatic hydroxyl groups is 1. The third-order valence-corrected chi connectivity index (χ3v) is 8.84. The van der Waals surface area contributed by atoms with E-state index >= 15 is 0 Å². The molecule has 3 heterocycles. The summed E-state index contributed by atoms with van der Waals surface area (Å²) in [6.07, 6.45) is 11.0. The number of amides is 2. The van der Waals surface area contributed by atoms with Crippen molar-refractivity contribution >= 4 is 12.0 Å². The molecule has 2 unspecified atom stereocenters. The average molecular weight is 524 g/mol. The number of nitrogens with one attached hydrogen (secondary N) is 1. The second-order valence-electron chi connectivity index (χ2n) is 11.4. The van der Waals surface area contributed by atoms with Crippen LogP contribution in [0.5, 0.6) is 5.75 Å². The van der Waals surface area contributed by atoms with Gasteiger partial charge in [-0.2, -0.15) is 0 Å². The fourth-order valence-corrected chi connectivity index (χ4v) is 7.09. The monoisotopic (exact) mass is 523 g/mol. The number of ether oxygens (including phenoxy) is 1. The van der Waals surface area contributed by atoms with Crippen LogP contribution in [-0.4, -0.2) is 59.1 Å². The quantitative estimate of drug-likeness (QED) is 0.577. The van der Waals surface area contributed by atoms with Gasteiger partial charge in [-0.3, -0.25) is 9.63 Å². The highest BCUT2D eigenvalue weighted by Gasteiger charge is 2.55. The van der Waals surface area contributed by atoms with E-state index in [-0.39, 0.29) is 35.7 Å². The van der Waals surface area contributed by atoms with Crippen LogP contribution in [0.25, 0.3) is 0 Å². The number of hydrogen-bond acceptors (Lipinski definition) is 7. The molecule has 0 bridgehead atoms. The maximum absolute atomic E-state index is 12.8. The van der Waals surface area contributed by atoms with Gasteiger partial charge in [-0.05, 0) is 61.6 Å². The molecular weight excluding hydrogens is 486 g/mol. The standard InChI is InChI=1S/C29H37N3O6/c1-19-9-10-25-29(17-19)13-15-31(18-21-6-4-8-24(37-25)26(21)29)38-28(35)30-22-11-14-32(27(22)34)36-16-12-20-5-2-3-7-23(20)33/h2-3,5,7,13,15,19,21-22,25,33H,4,6,8-12,14,16-18H2,1H3,(H,30,35)/t19?,21-,22-,25-,29?/m1/s1. The van der Waals surface area contributed by atoms with Gasteiger partial charge in [-0.25, -0.2) is 14.9 Å². The van der Waals surface area contributed by atoms with Gasteiger partial charge in [-0.1, -0.05) is 31.2 Å². The molecule has 6 rings (SSSR count). The van der Waals surface area contributed by atoms with Gasteiger partial charge in [0.05, 0.1) is 30.9 Å². The molecule has 1 saturated heterocycles. The van der Waals surface area contributed by atoms with Crippen LogP contribution in [0.15, 0.2) is 47.9 Å². The predicted octanol–water partition coefficient (Wildman–Crippen LogP) is 4.20. The van der Waals surface area contributed by atoms with E-state index in [4.69, 9.17) is 14.4 Å². The van der Waals surface area contributed by atoms with E-state index in [1.807, 2.05) is 18.3 Å². The van der Waals surface area contributed by atoms with Crippen molar-refractivity contribution in [2.24, 2.45) is 17.3 Å². The van der Waals surface area contributed by atoms with Crippen molar-refractivity contribution in [3.8, 4) is 5.75 Å². The van der Waals surface area contributed by atoms with Crippen LogP contribution in [0.2, 0.25) is 0 Å². The molecule has 2 amide bonds. The predicted molar refractivity (Wildman–Crippen MR) is 138 cm³/mol. The first kappa shape index (κ1) is 25.1. The first-order chi connectivity index (χ1) is 18.4. The van der Waals surface area contributed by atoms with Crippen LogP contribution >= 0.6 is 0 Å². The smallest absolute Gasteiger partial charge is 0.432 e. The Kier molecular flexibility index (Phi) is 6.72. The number of nitrogens with zero attached hydrogens (tertiary/aromatic N) is 2. The number of hydroxylamine groups is 4. The van der Waals surface area contributed by atoms with Crippen LogP contribution < -0.4 is 5.32 Å². The Morgan fingerprint density at radius 2 is 2.11 bits per heavy atom. The Morgan fingerprint density at radius 1 is 1.24 bits per heavy atom. The van der Waals surface area contributed by atoms with Crippen LogP contribution in [-0.2, 0) is 25.6 Å². The van der Waals surface area contributed by atoms with E-state index in [0.717, 1.165) is 37.7 Å². The average Bonchev–Trinajstić information content (AvgIpc) is 3.35. The number of carbonyl (C=O) groups is 2. The normalized spacial score (nSPS) is 32.0. The van der Waals surface area contributed by atoms with Gasteiger partial charge in [0, 0.05) is 25.0 Å². The number of carbonyl (C=O) groups excluding carboxylic acids is 2. The molecule has 1 saturated carbocycles. The summed E-state index contributed by atoms with van der Waals surface area (Å²) in [4.78, 5) is 37.0. The minimum Gasteiger partial charge on any atom is -0.508 e. The van der Waals surface area contributed by atoms with Gasteiger partial charge >= 0.3 is 6.09 Å². The summed E-state index contributed by atoms with van der Waals surface area (Å²) in [6.45, 7) is 3.55. The van der Waals surface area contributed by atoms with E-state index in [1.165, 1.54) is 22.8 Å². The van der Waals surface area contributed by atoms with Gasteiger partial charge in [-0.15, -0.1) is 0 Å². The maximum atomic E-state index is 12.8. The summed E-state index contributed by atoms with van der Waals surface area (Å²) in [5.74, 6) is 2.01. The van der Waals surface area contributed by atoms with E-state index < -0.39 is 12.1 Å². The lowest BCUT2D eigenvalue weighted by atomic mass is 9.61. The van der Waals surface area contributed by atoms with Crippen molar-refractivity contribution < 1.29 is 29.1 Å². The molecule has 0 aromatic heterocycles. The molecule has 38 heavy (non-hydrogen) atoms. The van der Waals surface area contributed by atoms with E-state index in [2.05, 4.69) is 18.3 Å². The van der Waals surface area contributed by atoms with Crippen molar-refractivity contribution in [3.63, 3.8) is 0 Å². The summed E-state index contributed by atoms with van der Waals surface area (Å²) >= 11 is 0. The minimum absolute atomic E-state index is 0.0948. The van der Waals surface area contributed by atoms with Crippen molar-refractivity contribution in [2.75, 3.05) is 19.7 Å².